The number of nitrogens with one attached hydrogen (secondary N) is 1. The van der Waals surface area contributed by atoms with E-state index in [1.807, 2.05) is 4.90 Å². The second kappa shape index (κ2) is 8.88. The van der Waals surface area contributed by atoms with Crippen LogP contribution in [0.2, 0.25) is 0 Å². The minimum atomic E-state index is -4.65. The number of nitrogens with zero attached hydrogens (tertiary/aromatic N) is 4. The molecule has 0 aliphatic carbocycles. The number of thiazole rings is 1. The van der Waals surface area contributed by atoms with Gasteiger partial charge < -0.3 is 14.2 Å². The summed E-state index contributed by atoms with van der Waals surface area (Å²) < 4.78 is 55.6. The van der Waals surface area contributed by atoms with Crippen LogP contribution in [-0.2, 0) is 17.5 Å². The van der Waals surface area contributed by atoms with Gasteiger partial charge in [0.15, 0.2) is 16.4 Å². The molecule has 0 radical (unpaired) electrons. The van der Waals surface area contributed by atoms with E-state index in [9.17, 15) is 18.0 Å². The minimum Gasteiger partial charge on any atom is -0.480 e. The lowest BCUT2D eigenvalue weighted by molar-refractivity contribution is -0.141. The van der Waals surface area contributed by atoms with Crippen molar-refractivity contribution >= 4 is 22.4 Å². The number of alkyl halides is 3. The van der Waals surface area contributed by atoms with Crippen LogP contribution in [0.5, 0.6) is 11.8 Å². The third kappa shape index (κ3) is 4.92. The summed E-state index contributed by atoms with van der Waals surface area (Å²) in [6.45, 7) is 2.01. The van der Waals surface area contributed by atoms with Gasteiger partial charge in [0.1, 0.15) is 6.33 Å². The van der Waals surface area contributed by atoms with Gasteiger partial charge in [-0.1, -0.05) is 11.3 Å². The highest BCUT2D eigenvalue weighted by Crippen LogP contribution is 2.37. The Balaban J connectivity index is 1.87. The molecule has 0 aromatic carbocycles. The summed E-state index contributed by atoms with van der Waals surface area (Å²) in [5, 5.41) is 2.17. The smallest absolute Gasteiger partial charge is 0.434 e. The predicted molar refractivity (Wildman–Crippen MR) is 96.3 cm³/mol. The summed E-state index contributed by atoms with van der Waals surface area (Å²) in [6, 6.07) is 0. The van der Waals surface area contributed by atoms with Crippen molar-refractivity contribution in [3.63, 3.8) is 0 Å². The largest absolute Gasteiger partial charge is 0.480 e. The molecule has 1 aliphatic rings. The van der Waals surface area contributed by atoms with Gasteiger partial charge in [0.25, 0.3) is 5.91 Å². The number of anilines is 1. The van der Waals surface area contributed by atoms with Gasteiger partial charge in [-0.25, -0.2) is 15.0 Å². The van der Waals surface area contributed by atoms with Crippen LogP contribution in [0, 0.1) is 0 Å². The minimum absolute atomic E-state index is 0.0120. The molecule has 0 unspecified atom stereocenters. The highest BCUT2D eigenvalue weighted by Gasteiger charge is 2.38. The number of rotatable bonds is 6. The van der Waals surface area contributed by atoms with Crippen LogP contribution in [0.15, 0.2) is 6.33 Å². The summed E-state index contributed by atoms with van der Waals surface area (Å²) in [4.78, 5) is 25.7. The summed E-state index contributed by atoms with van der Waals surface area (Å²) >= 11 is 0.762. The number of halogens is 3. The van der Waals surface area contributed by atoms with Crippen LogP contribution >= 0.6 is 11.3 Å². The summed E-state index contributed by atoms with van der Waals surface area (Å²) in [5.74, 6) is -0.939. The fraction of sp³-hybridized carbons (Fsp3) is 0.500. The lowest BCUT2D eigenvalue weighted by Crippen LogP contribution is -2.35. The maximum absolute atomic E-state index is 13.4. The number of hydrogen-bond donors (Lipinski definition) is 1. The molecule has 1 N–H and O–H groups in total. The Morgan fingerprint density at radius 2 is 1.86 bits per heavy atom. The van der Waals surface area contributed by atoms with Crippen LogP contribution in [0.3, 0.4) is 0 Å². The Kier molecular flexibility index (Phi) is 6.49. The van der Waals surface area contributed by atoms with Crippen molar-refractivity contribution in [3.8, 4) is 11.8 Å². The summed E-state index contributed by atoms with van der Waals surface area (Å²) in [5.41, 5.74) is -1.16. The molecular formula is C16H18F3N5O4S. The van der Waals surface area contributed by atoms with Crippen molar-refractivity contribution in [3.05, 3.63) is 22.5 Å². The molecule has 1 fully saturated rings. The van der Waals surface area contributed by atoms with E-state index >= 15 is 0 Å². The molecule has 2 aromatic rings. The average Bonchev–Trinajstić information content (AvgIpc) is 3.10. The number of carbonyl (C=O) groups is 1. The van der Waals surface area contributed by atoms with E-state index < -0.39 is 17.8 Å². The fourth-order valence-electron chi connectivity index (χ4n) is 2.71. The molecule has 3 heterocycles. The van der Waals surface area contributed by atoms with Crippen molar-refractivity contribution in [1.82, 2.24) is 19.9 Å². The first-order chi connectivity index (χ1) is 13.8. The van der Waals surface area contributed by atoms with Gasteiger partial charge in [-0.3, -0.25) is 15.0 Å². The number of ether oxygens (including phenoxy) is 3. The van der Waals surface area contributed by atoms with E-state index in [1.54, 1.807) is 0 Å². The third-order valence-electron chi connectivity index (χ3n) is 4.05. The van der Waals surface area contributed by atoms with E-state index in [4.69, 9.17) is 14.2 Å². The molecule has 1 amide bonds. The van der Waals surface area contributed by atoms with Crippen LogP contribution in [0.25, 0.3) is 0 Å². The van der Waals surface area contributed by atoms with Crippen LogP contribution < -0.4 is 14.8 Å². The van der Waals surface area contributed by atoms with Crippen molar-refractivity contribution in [2.45, 2.75) is 12.7 Å². The molecule has 0 spiro atoms. The number of methoxy groups -OCH3 is 2. The van der Waals surface area contributed by atoms with Gasteiger partial charge in [0, 0.05) is 19.6 Å². The molecule has 0 bridgehead atoms. The first kappa shape index (κ1) is 21.2. The Hall–Kier alpha value is -2.51. The monoisotopic (exact) mass is 433 g/mol. The molecule has 0 atom stereocenters. The lowest BCUT2D eigenvalue weighted by Gasteiger charge is -2.26. The zero-order valence-electron chi connectivity index (χ0n) is 15.6. The Morgan fingerprint density at radius 3 is 2.41 bits per heavy atom. The second-order valence-electron chi connectivity index (χ2n) is 5.90. The quantitative estimate of drug-likeness (QED) is 0.739. The van der Waals surface area contributed by atoms with Crippen LogP contribution in [0.4, 0.5) is 18.3 Å². The Bertz CT molecular complexity index is 848. The first-order valence-corrected chi connectivity index (χ1v) is 9.26. The standard InChI is InChI=1S/C16H18F3N5O4S/c1-26-13-10(14(27-2)21-8-20-13)12(25)23-15-22-11(16(17,18)19)9(29-15)7-24-3-5-28-6-4-24/h8H,3-7H2,1-2H3,(H,22,23,25). The zero-order valence-corrected chi connectivity index (χ0v) is 16.4. The van der Waals surface area contributed by atoms with Crippen molar-refractivity contribution in [1.29, 1.82) is 0 Å². The van der Waals surface area contributed by atoms with Crippen LogP contribution in [-0.4, -0.2) is 66.3 Å². The van der Waals surface area contributed by atoms with Gasteiger partial charge in [-0.15, -0.1) is 0 Å². The van der Waals surface area contributed by atoms with Gasteiger partial charge >= 0.3 is 6.18 Å². The maximum atomic E-state index is 13.4. The number of aromatic nitrogens is 3. The number of carbonyl (C=O) groups excluding carboxylic acids is 1. The van der Waals surface area contributed by atoms with Gasteiger partial charge in [-0.2, -0.15) is 13.2 Å². The molecule has 0 saturated carbocycles. The first-order valence-electron chi connectivity index (χ1n) is 8.44. The normalized spacial score (nSPS) is 15.2. The molecule has 13 heteroatoms. The maximum Gasteiger partial charge on any atom is 0.434 e. The molecule has 158 valence electrons. The summed E-state index contributed by atoms with van der Waals surface area (Å²) in [6.07, 6.45) is -3.51. The molecule has 1 aliphatic heterocycles. The van der Waals surface area contributed by atoms with Gasteiger partial charge in [0.2, 0.25) is 11.8 Å². The van der Waals surface area contributed by atoms with Crippen LogP contribution in [0.1, 0.15) is 20.9 Å². The van der Waals surface area contributed by atoms with E-state index in [2.05, 4.69) is 20.3 Å². The number of hydrogen-bond acceptors (Lipinski definition) is 9. The van der Waals surface area contributed by atoms with E-state index in [-0.39, 0.29) is 33.9 Å². The Morgan fingerprint density at radius 1 is 1.24 bits per heavy atom. The van der Waals surface area contributed by atoms with Gasteiger partial charge in [0.05, 0.1) is 32.3 Å². The van der Waals surface area contributed by atoms with E-state index in [1.165, 1.54) is 14.2 Å². The third-order valence-corrected chi connectivity index (χ3v) is 5.00. The van der Waals surface area contributed by atoms with E-state index in [0.717, 1.165) is 17.7 Å². The molecule has 1 saturated heterocycles. The second-order valence-corrected chi connectivity index (χ2v) is 6.98. The highest BCUT2D eigenvalue weighted by molar-refractivity contribution is 7.15. The van der Waals surface area contributed by atoms with Crippen molar-refractivity contribution in [2.24, 2.45) is 0 Å². The molecule has 9 nitrogen and oxygen atoms in total. The van der Waals surface area contributed by atoms with Crippen molar-refractivity contribution in [2.75, 3.05) is 45.8 Å². The molecular weight excluding hydrogens is 415 g/mol. The highest BCUT2D eigenvalue weighted by atomic mass is 32.1. The van der Waals surface area contributed by atoms with Crippen molar-refractivity contribution < 1.29 is 32.2 Å². The zero-order chi connectivity index (χ0) is 21.0. The number of morpholine rings is 1. The molecule has 3 rings (SSSR count). The number of amides is 1. The fourth-order valence-corrected chi connectivity index (χ4v) is 3.73. The Labute approximate surface area is 167 Å². The molecule has 2 aromatic heterocycles. The average molecular weight is 433 g/mol. The topological polar surface area (TPSA) is 98.7 Å². The van der Waals surface area contributed by atoms with E-state index in [0.29, 0.717) is 26.3 Å². The van der Waals surface area contributed by atoms with Gasteiger partial charge in [-0.05, 0) is 0 Å². The molecule has 29 heavy (non-hydrogen) atoms. The SMILES string of the molecule is COc1ncnc(OC)c1C(=O)Nc1nc(C(F)(F)F)c(CN2CCOCC2)s1. The summed E-state index contributed by atoms with van der Waals surface area (Å²) in [7, 11) is 2.59. The lowest BCUT2D eigenvalue weighted by atomic mass is 10.3. The predicted octanol–water partition coefficient (Wildman–Crippen LogP) is 2.05.